The highest BCUT2D eigenvalue weighted by Gasteiger charge is 2.23. The molecule has 0 unspecified atom stereocenters. The molecule has 3 heterocycles. The van der Waals surface area contributed by atoms with E-state index in [0.717, 1.165) is 23.5 Å². The maximum Gasteiger partial charge on any atom is 0.293 e. The number of hydrogen-bond acceptors (Lipinski definition) is 7. The van der Waals surface area contributed by atoms with Gasteiger partial charge in [-0.3, -0.25) is 19.8 Å². The van der Waals surface area contributed by atoms with E-state index in [4.69, 9.17) is 9.15 Å². The van der Waals surface area contributed by atoms with E-state index in [1.54, 1.807) is 19.2 Å². The number of methoxy groups -OCH3 is 1. The number of aromatic nitrogens is 1. The van der Waals surface area contributed by atoms with E-state index in [1.165, 1.54) is 17.6 Å². The molecule has 0 atom stereocenters. The highest BCUT2D eigenvalue weighted by Crippen LogP contribution is 2.28. The van der Waals surface area contributed by atoms with Crippen molar-refractivity contribution in [2.24, 2.45) is 0 Å². The molecule has 0 aromatic carbocycles. The van der Waals surface area contributed by atoms with Crippen LogP contribution in [0.2, 0.25) is 0 Å². The van der Waals surface area contributed by atoms with E-state index in [9.17, 15) is 9.59 Å². The standard InChI is InChI=1S/C16H20N4O4S/c1-23-8-5-17-14(21)10-20-6-4-11-13(9-20)25-16(18-11)19-15(22)12-3-2-7-24-12/h2-3,7H,4-6,8-10H2,1H3,(H,17,21)(H,18,19,22). The van der Waals surface area contributed by atoms with Gasteiger partial charge in [0.15, 0.2) is 10.9 Å². The summed E-state index contributed by atoms with van der Waals surface area (Å²) in [5.41, 5.74) is 0.982. The van der Waals surface area contributed by atoms with Crippen LogP contribution in [0, 0.1) is 0 Å². The van der Waals surface area contributed by atoms with Gasteiger partial charge in [0.2, 0.25) is 5.91 Å². The van der Waals surface area contributed by atoms with Crippen molar-refractivity contribution in [1.82, 2.24) is 15.2 Å². The SMILES string of the molecule is COCCNC(=O)CN1CCc2nc(NC(=O)c3ccco3)sc2C1. The Morgan fingerprint density at radius 2 is 2.36 bits per heavy atom. The number of carbonyl (C=O) groups excluding carboxylic acids is 2. The van der Waals surface area contributed by atoms with E-state index in [0.29, 0.717) is 31.4 Å². The molecule has 3 rings (SSSR count). The topological polar surface area (TPSA) is 96.7 Å². The minimum absolute atomic E-state index is 0.0173. The molecule has 2 amide bonds. The molecule has 0 aliphatic carbocycles. The number of rotatable bonds is 7. The number of anilines is 1. The monoisotopic (exact) mass is 364 g/mol. The number of amides is 2. The van der Waals surface area contributed by atoms with E-state index in [2.05, 4.69) is 20.5 Å². The van der Waals surface area contributed by atoms with Crippen molar-refractivity contribution in [3.63, 3.8) is 0 Å². The lowest BCUT2D eigenvalue weighted by Crippen LogP contribution is -2.40. The van der Waals surface area contributed by atoms with E-state index < -0.39 is 0 Å². The third kappa shape index (κ3) is 4.65. The molecule has 8 nitrogen and oxygen atoms in total. The molecule has 2 N–H and O–H groups in total. The number of ether oxygens (including phenoxy) is 1. The smallest absolute Gasteiger partial charge is 0.293 e. The first-order valence-electron chi connectivity index (χ1n) is 7.97. The summed E-state index contributed by atoms with van der Waals surface area (Å²) in [5.74, 6) is -0.0793. The summed E-state index contributed by atoms with van der Waals surface area (Å²) in [4.78, 5) is 31.5. The predicted molar refractivity (Wildman–Crippen MR) is 92.6 cm³/mol. The van der Waals surface area contributed by atoms with Gasteiger partial charge in [0, 0.05) is 38.0 Å². The lowest BCUT2D eigenvalue weighted by atomic mass is 10.2. The minimum Gasteiger partial charge on any atom is -0.459 e. The summed E-state index contributed by atoms with van der Waals surface area (Å²) < 4.78 is 9.99. The van der Waals surface area contributed by atoms with Gasteiger partial charge in [-0.25, -0.2) is 4.98 Å². The number of hydrogen-bond donors (Lipinski definition) is 2. The van der Waals surface area contributed by atoms with Gasteiger partial charge in [-0.15, -0.1) is 11.3 Å². The maximum atomic E-state index is 12.0. The van der Waals surface area contributed by atoms with Gasteiger partial charge in [-0.1, -0.05) is 0 Å². The van der Waals surface area contributed by atoms with Gasteiger partial charge in [0.25, 0.3) is 5.91 Å². The lowest BCUT2D eigenvalue weighted by Gasteiger charge is -2.25. The van der Waals surface area contributed by atoms with E-state index in [-0.39, 0.29) is 17.6 Å². The summed E-state index contributed by atoms with van der Waals surface area (Å²) >= 11 is 1.44. The summed E-state index contributed by atoms with van der Waals surface area (Å²) in [6.45, 7) is 2.78. The van der Waals surface area contributed by atoms with Crippen molar-refractivity contribution in [3.05, 3.63) is 34.7 Å². The second kappa shape index (κ2) is 8.24. The molecule has 25 heavy (non-hydrogen) atoms. The second-order valence-corrected chi connectivity index (χ2v) is 6.71. The van der Waals surface area contributed by atoms with Crippen molar-refractivity contribution < 1.29 is 18.7 Å². The van der Waals surface area contributed by atoms with Crippen molar-refractivity contribution in [3.8, 4) is 0 Å². The van der Waals surface area contributed by atoms with Crippen molar-refractivity contribution in [2.45, 2.75) is 13.0 Å². The number of fused-ring (bicyclic) bond motifs is 1. The summed E-state index contributed by atoms with van der Waals surface area (Å²) in [7, 11) is 1.60. The molecule has 0 radical (unpaired) electrons. The lowest BCUT2D eigenvalue weighted by molar-refractivity contribution is -0.122. The van der Waals surface area contributed by atoms with Crippen LogP contribution in [0.15, 0.2) is 22.8 Å². The molecule has 0 spiro atoms. The highest BCUT2D eigenvalue weighted by atomic mass is 32.1. The predicted octanol–water partition coefficient (Wildman–Crippen LogP) is 1.11. The molecule has 134 valence electrons. The number of carbonyl (C=O) groups is 2. The Hall–Kier alpha value is -2.23. The molecule has 2 aromatic rings. The van der Waals surface area contributed by atoms with Crippen molar-refractivity contribution >= 4 is 28.3 Å². The molecule has 1 aliphatic rings. The molecule has 9 heteroatoms. The zero-order valence-corrected chi connectivity index (χ0v) is 14.7. The zero-order chi connectivity index (χ0) is 17.6. The van der Waals surface area contributed by atoms with Crippen LogP contribution in [0.3, 0.4) is 0 Å². The van der Waals surface area contributed by atoms with Crippen LogP contribution >= 0.6 is 11.3 Å². The summed E-state index contributed by atoms with van der Waals surface area (Å²) in [6, 6.07) is 3.27. The van der Waals surface area contributed by atoms with E-state index in [1.807, 2.05) is 0 Å². The van der Waals surface area contributed by atoms with Gasteiger partial charge in [-0.2, -0.15) is 0 Å². The molecular weight excluding hydrogens is 344 g/mol. The highest BCUT2D eigenvalue weighted by molar-refractivity contribution is 7.15. The Labute approximate surface area is 149 Å². The Morgan fingerprint density at radius 1 is 1.48 bits per heavy atom. The van der Waals surface area contributed by atoms with E-state index >= 15 is 0 Å². The molecule has 0 saturated carbocycles. The molecule has 0 fully saturated rings. The fourth-order valence-corrected chi connectivity index (χ4v) is 3.60. The third-order valence-electron chi connectivity index (χ3n) is 3.77. The van der Waals surface area contributed by atoms with Crippen molar-refractivity contribution in [1.29, 1.82) is 0 Å². The fraction of sp³-hybridized carbons (Fsp3) is 0.438. The average Bonchev–Trinajstić information content (AvgIpc) is 3.23. The number of thiazole rings is 1. The Balaban J connectivity index is 1.54. The third-order valence-corrected chi connectivity index (χ3v) is 4.77. The van der Waals surface area contributed by atoms with Crippen LogP contribution in [0.25, 0.3) is 0 Å². The fourth-order valence-electron chi connectivity index (χ4n) is 2.55. The number of furan rings is 1. The largest absolute Gasteiger partial charge is 0.459 e. The van der Waals surface area contributed by atoms with Crippen LogP contribution < -0.4 is 10.6 Å². The Morgan fingerprint density at radius 3 is 3.12 bits per heavy atom. The normalized spacial score (nSPS) is 14.1. The van der Waals surface area contributed by atoms with Gasteiger partial charge < -0.3 is 14.5 Å². The number of nitrogens with one attached hydrogen (secondary N) is 2. The van der Waals surface area contributed by atoms with Gasteiger partial charge in [-0.05, 0) is 12.1 Å². The van der Waals surface area contributed by atoms with Crippen LogP contribution in [-0.2, 0) is 22.5 Å². The maximum absolute atomic E-state index is 12.0. The van der Waals surface area contributed by atoms with Crippen LogP contribution in [0.5, 0.6) is 0 Å². The van der Waals surface area contributed by atoms with Gasteiger partial charge in [0.05, 0.1) is 25.1 Å². The van der Waals surface area contributed by atoms with Gasteiger partial charge >= 0.3 is 0 Å². The van der Waals surface area contributed by atoms with Crippen molar-refractivity contribution in [2.75, 3.05) is 38.7 Å². The second-order valence-electron chi connectivity index (χ2n) is 5.62. The first kappa shape index (κ1) is 17.6. The Kier molecular flexibility index (Phi) is 5.79. The van der Waals surface area contributed by atoms with Crippen LogP contribution in [0.4, 0.5) is 5.13 Å². The molecule has 2 aromatic heterocycles. The minimum atomic E-state index is -0.314. The first-order chi connectivity index (χ1) is 12.2. The zero-order valence-electron chi connectivity index (χ0n) is 13.9. The Bertz CT molecular complexity index is 729. The molecule has 1 aliphatic heterocycles. The van der Waals surface area contributed by atoms with Crippen LogP contribution in [-0.4, -0.2) is 55.0 Å². The molecule has 0 bridgehead atoms. The molecular formula is C16H20N4O4S. The summed E-state index contributed by atoms with van der Waals surface area (Å²) in [6.07, 6.45) is 2.21. The quantitative estimate of drug-likeness (QED) is 0.715. The first-order valence-corrected chi connectivity index (χ1v) is 8.79. The number of nitrogens with zero attached hydrogens (tertiary/aromatic N) is 2. The summed E-state index contributed by atoms with van der Waals surface area (Å²) in [5, 5.41) is 6.12. The molecule has 0 saturated heterocycles. The average molecular weight is 364 g/mol. The van der Waals surface area contributed by atoms with Gasteiger partial charge in [0.1, 0.15) is 0 Å². The van der Waals surface area contributed by atoms with Crippen LogP contribution in [0.1, 0.15) is 21.1 Å².